The summed E-state index contributed by atoms with van der Waals surface area (Å²) in [6.07, 6.45) is 0. The number of hydrogen-bond donors (Lipinski definition) is 0. The first-order valence-corrected chi connectivity index (χ1v) is 11.4. The highest BCUT2D eigenvalue weighted by atomic mass is 35.5. The number of esters is 1. The summed E-state index contributed by atoms with van der Waals surface area (Å²) >= 11 is 12.3. The van der Waals surface area contributed by atoms with Crippen LogP contribution >= 0.6 is 23.2 Å². The van der Waals surface area contributed by atoms with Gasteiger partial charge in [0.25, 0.3) is 5.91 Å². The Hall–Kier alpha value is -3.09. The molecule has 0 spiro atoms. The van der Waals surface area contributed by atoms with Crippen LogP contribution in [0.4, 0.5) is 0 Å². The summed E-state index contributed by atoms with van der Waals surface area (Å²) in [6.45, 7) is 4.84. The molecule has 33 heavy (non-hydrogen) atoms. The molecule has 0 bridgehead atoms. The van der Waals surface area contributed by atoms with Gasteiger partial charge in [0, 0.05) is 36.0 Å². The van der Waals surface area contributed by atoms with Crippen molar-refractivity contribution in [3.8, 4) is 11.3 Å². The normalized spacial score (nSPS) is 12.7. The third kappa shape index (κ3) is 4.28. The van der Waals surface area contributed by atoms with Crippen LogP contribution in [-0.4, -0.2) is 28.0 Å². The molecule has 1 aromatic heterocycles. The van der Waals surface area contributed by atoms with Gasteiger partial charge in [-0.1, -0.05) is 47.5 Å². The van der Waals surface area contributed by atoms with Crippen molar-refractivity contribution in [1.82, 2.24) is 9.47 Å². The van der Waals surface area contributed by atoms with E-state index in [4.69, 9.17) is 27.9 Å². The van der Waals surface area contributed by atoms with Crippen LogP contribution in [0.5, 0.6) is 0 Å². The second-order valence-electron chi connectivity index (χ2n) is 7.64. The zero-order valence-electron chi connectivity index (χ0n) is 18.2. The molecule has 2 heterocycles. The summed E-state index contributed by atoms with van der Waals surface area (Å²) in [5.74, 6) is -0.798. The summed E-state index contributed by atoms with van der Waals surface area (Å²) in [5.41, 5.74) is 2.62. The van der Waals surface area contributed by atoms with Gasteiger partial charge in [0.1, 0.15) is 5.56 Å². The molecule has 1 amide bonds. The van der Waals surface area contributed by atoms with Crippen LogP contribution in [0.3, 0.4) is 0 Å². The highest BCUT2D eigenvalue weighted by Gasteiger charge is 2.29. The minimum atomic E-state index is -0.707. The Balaban J connectivity index is 1.87. The Labute approximate surface area is 201 Å². The van der Waals surface area contributed by atoms with Gasteiger partial charge in [-0.2, -0.15) is 0 Å². The average molecular weight is 485 g/mol. The summed E-state index contributed by atoms with van der Waals surface area (Å²) in [6, 6.07) is 13.8. The lowest BCUT2D eigenvalue weighted by atomic mass is 10.0. The van der Waals surface area contributed by atoms with E-state index in [1.165, 1.54) is 6.07 Å². The fourth-order valence-electron chi connectivity index (χ4n) is 4.17. The minimum absolute atomic E-state index is 0.0723. The molecule has 4 rings (SSSR count). The molecule has 8 heteroatoms. The van der Waals surface area contributed by atoms with Crippen LogP contribution in [0.1, 0.15) is 45.8 Å². The number of carbonyl (C=O) groups is 2. The maximum atomic E-state index is 13.2. The number of pyridine rings is 1. The minimum Gasteiger partial charge on any atom is -0.462 e. The molecule has 0 atom stereocenters. The highest BCUT2D eigenvalue weighted by molar-refractivity contribution is 6.42. The molecular formula is C25H22Cl2N2O4. The van der Waals surface area contributed by atoms with Crippen LogP contribution in [0.2, 0.25) is 10.0 Å². The van der Waals surface area contributed by atoms with Gasteiger partial charge in [0.15, 0.2) is 5.43 Å². The molecular weight excluding hydrogens is 463 g/mol. The van der Waals surface area contributed by atoms with Crippen LogP contribution in [0.25, 0.3) is 11.3 Å². The van der Waals surface area contributed by atoms with E-state index in [1.54, 1.807) is 36.1 Å². The maximum Gasteiger partial charge on any atom is 0.344 e. The van der Waals surface area contributed by atoms with E-state index in [2.05, 4.69) is 0 Å². The molecule has 0 fully saturated rings. The Morgan fingerprint density at radius 3 is 2.45 bits per heavy atom. The maximum absolute atomic E-state index is 13.2. The van der Waals surface area contributed by atoms with Crippen molar-refractivity contribution in [3.05, 3.63) is 91.2 Å². The number of carbonyl (C=O) groups excluding carboxylic acids is 2. The van der Waals surface area contributed by atoms with E-state index < -0.39 is 11.4 Å². The van der Waals surface area contributed by atoms with Gasteiger partial charge in [0.05, 0.1) is 28.9 Å². The van der Waals surface area contributed by atoms with Gasteiger partial charge in [0.2, 0.25) is 0 Å². The van der Waals surface area contributed by atoms with Crippen LogP contribution in [-0.2, 0) is 24.4 Å². The third-order valence-electron chi connectivity index (χ3n) is 5.64. The first-order valence-electron chi connectivity index (χ1n) is 10.6. The van der Waals surface area contributed by atoms with Gasteiger partial charge in [-0.15, -0.1) is 0 Å². The first-order chi connectivity index (χ1) is 15.8. The number of fused-ring (bicyclic) bond motifs is 1. The Morgan fingerprint density at radius 2 is 1.79 bits per heavy atom. The third-order valence-corrected chi connectivity index (χ3v) is 6.37. The number of amides is 1. The second-order valence-corrected chi connectivity index (χ2v) is 8.45. The standard InChI is InChI=1S/C25H22Cl2N2O4/c1-3-29-17(14-28-13-16-7-5-6-8-18(16)24(28)31)12-21(30)22(25(32)33-4-2)23(29)15-9-10-19(26)20(27)11-15/h5-12H,3-4,13-14H2,1-2H3. The predicted octanol–water partition coefficient (Wildman–Crippen LogP) is 5.17. The molecule has 1 aliphatic rings. The second kappa shape index (κ2) is 9.41. The van der Waals surface area contributed by atoms with Crippen molar-refractivity contribution >= 4 is 35.1 Å². The zero-order valence-corrected chi connectivity index (χ0v) is 19.7. The molecule has 0 aliphatic carbocycles. The molecule has 0 N–H and O–H groups in total. The Kier molecular flexibility index (Phi) is 6.58. The fraction of sp³-hybridized carbons (Fsp3) is 0.240. The van der Waals surface area contributed by atoms with Crippen molar-refractivity contribution in [1.29, 1.82) is 0 Å². The van der Waals surface area contributed by atoms with Crippen LogP contribution < -0.4 is 5.43 Å². The first kappa shape index (κ1) is 23.1. The van der Waals surface area contributed by atoms with E-state index in [1.807, 2.05) is 29.7 Å². The summed E-state index contributed by atoms with van der Waals surface area (Å²) in [7, 11) is 0. The van der Waals surface area contributed by atoms with Crippen LogP contribution in [0.15, 0.2) is 53.3 Å². The molecule has 1 aliphatic heterocycles. The summed E-state index contributed by atoms with van der Waals surface area (Å²) in [5, 5.41) is 0.662. The number of aromatic nitrogens is 1. The van der Waals surface area contributed by atoms with E-state index in [9.17, 15) is 14.4 Å². The summed E-state index contributed by atoms with van der Waals surface area (Å²) in [4.78, 5) is 40.5. The average Bonchev–Trinajstić information content (AvgIpc) is 3.10. The lowest BCUT2D eigenvalue weighted by Crippen LogP contribution is -2.29. The zero-order chi connectivity index (χ0) is 23.7. The number of hydrogen-bond acceptors (Lipinski definition) is 4. The Morgan fingerprint density at radius 1 is 1.03 bits per heavy atom. The predicted molar refractivity (Wildman–Crippen MR) is 128 cm³/mol. The van der Waals surface area contributed by atoms with E-state index >= 15 is 0 Å². The SMILES string of the molecule is CCOC(=O)c1c(-c2ccc(Cl)c(Cl)c2)n(CC)c(CN2Cc3ccccc3C2=O)cc1=O. The number of ether oxygens (including phenoxy) is 1. The van der Waals surface area contributed by atoms with Gasteiger partial charge in [-0.3, -0.25) is 9.59 Å². The van der Waals surface area contributed by atoms with Crippen molar-refractivity contribution in [2.45, 2.75) is 33.5 Å². The lowest BCUT2D eigenvalue weighted by molar-refractivity contribution is 0.0524. The van der Waals surface area contributed by atoms with E-state index in [0.29, 0.717) is 45.6 Å². The van der Waals surface area contributed by atoms with Gasteiger partial charge in [-0.25, -0.2) is 4.79 Å². The monoisotopic (exact) mass is 484 g/mol. The molecule has 2 aromatic carbocycles. The van der Waals surface area contributed by atoms with E-state index in [-0.39, 0.29) is 24.6 Å². The molecule has 0 saturated carbocycles. The Bertz CT molecular complexity index is 1320. The number of rotatable bonds is 6. The molecule has 0 unspecified atom stereocenters. The molecule has 170 valence electrons. The van der Waals surface area contributed by atoms with Gasteiger partial charge < -0.3 is 14.2 Å². The van der Waals surface area contributed by atoms with Gasteiger partial charge in [-0.05, 0) is 37.6 Å². The van der Waals surface area contributed by atoms with Crippen molar-refractivity contribution < 1.29 is 14.3 Å². The largest absolute Gasteiger partial charge is 0.462 e. The highest BCUT2D eigenvalue weighted by Crippen LogP contribution is 2.32. The van der Waals surface area contributed by atoms with Crippen molar-refractivity contribution in [2.24, 2.45) is 0 Å². The lowest BCUT2D eigenvalue weighted by Gasteiger charge is -2.24. The number of nitrogens with zero attached hydrogens (tertiary/aromatic N) is 2. The summed E-state index contributed by atoms with van der Waals surface area (Å²) < 4.78 is 7.03. The number of halogens is 2. The van der Waals surface area contributed by atoms with Crippen molar-refractivity contribution in [3.63, 3.8) is 0 Å². The smallest absolute Gasteiger partial charge is 0.344 e. The molecule has 0 saturated heterocycles. The van der Waals surface area contributed by atoms with Crippen LogP contribution in [0, 0.1) is 0 Å². The molecule has 6 nitrogen and oxygen atoms in total. The topological polar surface area (TPSA) is 68.6 Å². The molecule has 0 radical (unpaired) electrons. The molecule has 3 aromatic rings. The van der Waals surface area contributed by atoms with E-state index in [0.717, 1.165) is 5.56 Å². The van der Waals surface area contributed by atoms with Gasteiger partial charge >= 0.3 is 5.97 Å². The van der Waals surface area contributed by atoms with Crippen molar-refractivity contribution in [2.75, 3.05) is 6.61 Å². The quantitative estimate of drug-likeness (QED) is 0.452. The number of benzene rings is 2. The fourth-order valence-corrected chi connectivity index (χ4v) is 4.47.